The zero-order chi connectivity index (χ0) is 14.8. The van der Waals surface area contributed by atoms with Crippen molar-refractivity contribution in [1.29, 1.82) is 0 Å². The molecule has 21 heavy (non-hydrogen) atoms. The van der Waals surface area contributed by atoms with E-state index in [9.17, 15) is 4.79 Å². The van der Waals surface area contributed by atoms with Gasteiger partial charge in [-0.25, -0.2) is 0 Å². The summed E-state index contributed by atoms with van der Waals surface area (Å²) < 4.78 is 1.77. The Morgan fingerprint density at radius 2 is 1.90 bits per heavy atom. The summed E-state index contributed by atoms with van der Waals surface area (Å²) in [5, 5.41) is 7.48. The monoisotopic (exact) mass is 283 g/mol. The van der Waals surface area contributed by atoms with Crippen molar-refractivity contribution in [3.8, 4) is 0 Å². The fraction of sp³-hybridized carbons (Fsp3) is 0.412. The van der Waals surface area contributed by atoms with Gasteiger partial charge in [-0.15, -0.1) is 0 Å². The topological polar surface area (TPSA) is 46.9 Å². The Bertz CT molecular complexity index is 629. The van der Waals surface area contributed by atoms with Crippen molar-refractivity contribution in [3.05, 3.63) is 46.8 Å². The summed E-state index contributed by atoms with van der Waals surface area (Å²) in [6, 6.07) is 6.06. The number of amides is 1. The van der Waals surface area contributed by atoms with Crippen LogP contribution in [0.5, 0.6) is 0 Å². The third-order valence-electron chi connectivity index (χ3n) is 3.85. The van der Waals surface area contributed by atoms with Crippen LogP contribution in [-0.2, 0) is 24.2 Å². The van der Waals surface area contributed by atoms with E-state index in [0.29, 0.717) is 0 Å². The number of benzene rings is 1. The highest BCUT2D eigenvalue weighted by Crippen LogP contribution is 2.19. The SMILES string of the molecule is Cc1cc(C)cc(NC(=O)Cn2cc3c(n2)CCCC3)c1. The minimum atomic E-state index is -0.0279. The Kier molecular flexibility index (Phi) is 3.78. The molecule has 0 atom stereocenters. The Morgan fingerprint density at radius 1 is 1.19 bits per heavy atom. The number of anilines is 1. The minimum absolute atomic E-state index is 0.0279. The van der Waals surface area contributed by atoms with E-state index in [1.165, 1.54) is 24.1 Å². The zero-order valence-electron chi connectivity index (χ0n) is 12.6. The summed E-state index contributed by atoms with van der Waals surface area (Å²) >= 11 is 0. The second-order valence-corrected chi connectivity index (χ2v) is 5.93. The number of carbonyl (C=O) groups excluding carboxylic acids is 1. The van der Waals surface area contributed by atoms with Crippen LogP contribution in [0.25, 0.3) is 0 Å². The van der Waals surface area contributed by atoms with Crippen molar-refractivity contribution >= 4 is 11.6 Å². The standard InChI is InChI=1S/C17H21N3O/c1-12-7-13(2)9-15(8-12)18-17(21)11-20-10-14-5-3-4-6-16(14)19-20/h7-10H,3-6,11H2,1-2H3,(H,18,21). The van der Waals surface area contributed by atoms with Gasteiger partial charge in [-0.3, -0.25) is 9.48 Å². The number of hydrogen-bond acceptors (Lipinski definition) is 2. The summed E-state index contributed by atoms with van der Waals surface area (Å²) in [6.07, 6.45) is 6.59. The largest absolute Gasteiger partial charge is 0.324 e. The van der Waals surface area contributed by atoms with Gasteiger partial charge in [-0.1, -0.05) is 6.07 Å². The number of fused-ring (bicyclic) bond motifs is 1. The third-order valence-corrected chi connectivity index (χ3v) is 3.85. The van der Waals surface area contributed by atoms with Gasteiger partial charge < -0.3 is 5.32 Å². The second-order valence-electron chi connectivity index (χ2n) is 5.93. The molecule has 1 aliphatic rings. The maximum atomic E-state index is 12.1. The van der Waals surface area contributed by atoms with Crippen molar-refractivity contribution in [2.45, 2.75) is 46.1 Å². The number of aryl methyl sites for hydroxylation is 4. The number of hydrogen-bond donors (Lipinski definition) is 1. The van der Waals surface area contributed by atoms with Crippen LogP contribution in [0.2, 0.25) is 0 Å². The molecule has 0 radical (unpaired) electrons. The lowest BCUT2D eigenvalue weighted by Gasteiger charge is -2.07. The van der Waals surface area contributed by atoms with Gasteiger partial charge in [0, 0.05) is 11.9 Å². The summed E-state index contributed by atoms with van der Waals surface area (Å²) in [5.41, 5.74) is 5.63. The molecule has 1 N–H and O–H groups in total. The van der Waals surface area contributed by atoms with E-state index in [1.807, 2.05) is 32.2 Å². The molecule has 0 bridgehead atoms. The van der Waals surface area contributed by atoms with Crippen LogP contribution in [0.4, 0.5) is 5.69 Å². The second kappa shape index (κ2) is 5.72. The van der Waals surface area contributed by atoms with E-state index in [2.05, 4.69) is 16.5 Å². The molecule has 1 aromatic carbocycles. The maximum Gasteiger partial charge on any atom is 0.246 e. The van der Waals surface area contributed by atoms with Crippen molar-refractivity contribution in [1.82, 2.24) is 9.78 Å². The normalized spacial score (nSPS) is 13.8. The maximum absolute atomic E-state index is 12.1. The predicted octanol–water partition coefficient (Wildman–Crippen LogP) is 3.02. The van der Waals surface area contributed by atoms with Crippen LogP contribution in [-0.4, -0.2) is 15.7 Å². The van der Waals surface area contributed by atoms with Crippen molar-refractivity contribution in [3.63, 3.8) is 0 Å². The van der Waals surface area contributed by atoms with Gasteiger partial charge in [-0.2, -0.15) is 5.10 Å². The molecule has 0 fully saturated rings. The molecule has 4 heteroatoms. The first-order chi connectivity index (χ1) is 10.1. The van der Waals surface area contributed by atoms with E-state index in [1.54, 1.807) is 4.68 Å². The lowest BCUT2D eigenvalue weighted by Crippen LogP contribution is -2.19. The molecule has 110 valence electrons. The molecule has 1 aromatic heterocycles. The first kappa shape index (κ1) is 13.9. The van der Waals surface area contributed by atoms with Crippen LogP contribution in [0.1, 0.15) is 35.2 Å². The molecule has 0 saturated heterocycles. The molecule has 0 saturated carbocycles. The first-order valence-corrected chi connectivity index (χ1v) is 7.53. The number of aromatic nitrogens is 2. The number of rotatable bonds is 3. The molecule has 3 rings (SSSR count). The number of carbonyl (C=O) groups is 1. The van der Waals surface area contributed by atoms with E-state index in [4.69, 9.17) is 0 Å². The molecular weight excluding hydrogens is 262 g/mol. The summed E-state index contributed by atoms with van der Waals surface area (Å²) in [4.78, 5) is 12.1. The molecule has 0 aliphatic heterocycles. The van der Waals surface area contributed by atoms with Gasteiger partial charge in [0.25, 0.3) is 0 Å². The molecule has 1 heterocycles. The molecule has 1 aliphatic carbocycles. The Hall–Kier alpha value is -2.10. The number of nitrogens with zero attached hydrogens (tertiary/aromatic N) is 2. The van der Waals surface area contributed by atoms with E-state index in [0.717, 1.165) is 29.7 Å². The first-order valence-electron chi connectivity index (χ1n) is 7.53. The lowest BCUT2D eigenvalue weighted by molar-refractivity contribution is -0.116. The van der Waals surface area contributed by atoms with Gasteiger partial charge in [0.15, 0.2) is 0 Å². The number of nitrogens with one attached hydrogen (secondary N) is 1. The highest BCUT2D eigenvalue weighted by atomic mass is 16.2. The van der Waals surface area contributed by atoms with Crippen molar-refractivity contribution in [2.75, 3.05) is 5.32 Å². The van der Waals surface area contributed by atoms with Gasteiger partial charge in [0.1, 0.15) is 6.54 Å². The minimum Gasteiger partial charge on any atom is -0.324 e. The summed E-state index contributed by atoms with van der Waals surface area (Å²) in [6.45, 7) is 4.34. The Morgan fingerprint density at radius 3 is 2.62 bits per heavy atom. The van der Waals surface area contributed by atoms with Gasteiger partial charge >= 0.3 is 0 Å². The molecule has 0 spiro atoms. The fourth-order valence-corrected chi connectivity index (χ4v) is 3.01. The van der Waals surface area contributed by atoms with E-state index < -0.39 is 0 Å². The van der Waals surface area contributed by atoms with Crippen molar-refractivity contribution in [2.24, 2.45) is 0 Å². The summed E-state index contributed by atoms with van der Waals surface area (Å²) in [7, 11) is 0. The van der Waals surface area contributed by atoms with Gasteiger partial charge in [0.2, 0.25) is 5.91 Å². The molecule has 4 nitrogen and oxygen atoms in total. The molecule has 0 unspecified atom stereocenters. The van der Waals surface area contributed by atoms with Gasteiger partial charge in [0.05, 0.1) is 5.69 Å². The van der Waals surface area contributed by atoms with Gasteiger partial charge in [-0.05, 0) is 68.4 Å². The smallest absolute Gasteiger partial charge is 0.246 e. The highest BCUT2D eigenvalue weighted by Gasteiger charge is 2.14. The average Bonchev–Trinajstić information content (AvgIpc) is 2.78. The quantitative estimate of drug-likeness (QED) is 0.941. The third kappa shape index (κ3) is 3.32. The van der Waals surface area contributed by atoms with E-state index in [-0.39, 0.29) is 12.5 Å². The fourth-order valence-electron chi connectivity index (χ4n) is 3.01. The van der Waals surface area contributed by atoms with E-state index >= 15 is 0 Å². The Labute approximate surface area is 125 Å². The average molecular weight is 283 g/mol. The molecular formula is C17H21N3O. The highest BCUT2D eigenvalue weighted by molar-refractivity contribution is 5.90. The molecule has 2 aromatic rings. The van der Waals surface area contributed by atoms with Crippen LogP contribution < -0.4 is 5.32 Å². The van der Waals surface area contributed by atoms with Crippen LogP contribution in [0.15, 0.2) is 24.4 Å². The van der Waals surface area contributed by atoms with Crippen LogP contribution in [0, 0.1) is 13.8 Å². The lowest BCUT2D eigenvalue weighted by atomic mass is 9.99. The Balaban J connectivity index is 1.67. The van der Waals surface area contributed by atoms with Crippen LogP contribution in [0.3, 0.4) is 0 Å². The summed E-state index contributed by atoms with van der Waals surface area (Å²) in [5.74, 6) is -0.0279. The van der Waals surface area contributed by atoms with Crippen LogP contribution >= 0.6 is 0 Å². The molecule has 1 amide bonds. The predicted molar refractivity (Wildman–Crippen MR) is 83.4 cm³/mol. The van der Waals surface area contributed by atoms with Crippen molar-refractivity contribution < 1.29 is 4.79 Å². The zero-order valence-corrected chi connectivity index (χ0v) is 12.6.